The number of hydrogen-bond acceptors (Lipinski definition) is 8. The minimum Gasteiger partial charge on any atom is -0.493 e. The van der Waals surface area contributed by atoms with Crippen molar-refractivity contribution in [3.05, 3.63) is 78.6 Å². The number of nitrogens with zero attached hydrogens (tertiary/aromatic N) is 2. The van der Waals surface area contributed by atoms with E-state index in [0.29, 0.717) is 36.8 Å². The van der Waals surface area contributed by atoms with E-state index < -0.39 is 5.60 Å². The first-order valence-electron chi connectivity index (χ1n) is 12.1. The molecule has 1 fully saturated rings. The second-order valence-corrected chi connectivity index (χ2v) is 8.87. The van der Waals surface area contributed by atoms with Crippen LogP contribution in [-0.2, 0) is 0 Å². The molecule has 2 atom stereocenters. The maximum atomic E-state index is 11.0. The van der Waals surface area contributed by atoms with Gasteiger partial charge in [-0.25, -0.2) is 9.97 Å². The number of rotatable bonds is 6. The summed E-state index contributed by atoms with van der Waals surface area (Å²) >= 11 is 0. The highest BCUT2D eigenvalue weighted by Gasteiger charge is 2.36. The second kappa shape index (κ2) is 10.8. The van der Waals surface area contributed by atoms with Crippen LogP contribution in [0.4, 0.5) is 11.5 Å². The van der Waals surface area contributed by atoms with Crippen molar-refractivity contribution in [2.24, 2.45) is 5.92 Å². The summed E-state index contributed by atoms with van der Waals surface area (Å²) in [6.45, 7) is 1.05. The zero-order valence-corrected chi connectivity index (χ0v) is 20.4. The number of anilines is 2. The second-order valence-electron chi connectivity index (χ2n) is 8.87. The summed E-state index contributed by atoms with van der Waals surface area (Å²) in [5.41, 5.74) is 1.01. The van der Waals surface area contributed by atoms with E-state index in [1.165, 1.54) is 6.33 Å². The molecule has 37 heavy (non-hydrogen) atoms. The molecular weight excluding hydrogens is 468 g/mol. The zero-order chi connectivity index (χ0) is 25.7. The van der Waals surface area contributed by atoms with Gasteiger partial charge in [0.05, 0.1) is 19.2 Å². The lowest BCUT2D eigenvalue weighted by atomic mass is 9.82. The van der Waals surface area contributed by atoms with Crippen LogP contribution in [0, 0.1) is 17.8 Å². The topological polar surface area (TPSA) is 109 Å². The zero-order valence-electron chi connectivity index (χ0n) is 20.4. The minimum absolute atomic E-state index is 0.129. The van der Waals surface area contributed by atoms with Crippen molar-refractivity contribution < 1.29 is 19.7 Å². The monoisotopic (exact) mass is 496 g/mol. The Morgan fingerprint density at radius 3 is 2.76 bits per heavy atom. The summed E-state index contributed by atoms with van der Waals surface area (Å²) in [5, 5.41) is 28.0. The normalized spacial score (nSPS) is 19.1. The number of hydrogen-bond donors (Lipinski definition) is 4. The van der Waals surface area contributed by atoms with E-state index in [0.717, 1.165) is 27.9 Å². The Morgan fingerprint density at radius 1 is 1.08 bits per heavy atom. The molecule has 0 amide bonds. The van der Waals surface area contributed by atoms with Gasteiger partial charge in [-0.1, -0.05) is 30.0 Å². The molecule has 1 saturated heterocycles. The molecule has 1 aliphatic rings. The summed E-state index contributed by atoms with van der Waals surface area (Å²) in [6.07, 6.45) is 1.96. The highest BCUT2D eigenvalue weighted by Crippen LogP contribution is 2.35. The number of piperidine rings is 1. The molecule has 0 saturated carbocycles. The van der Waals surface area contributed by atoms with Crippen LogP contribution in [-0.4, -0.2) is 52.6 Å². The summed E-state index contributed by atoms with van der Waals surface area (Å²) in [4.78, 5) is 8.82. The number of benzene rings is 3. The Hall–Kier alpha value is -4.16. The van der Waals surface area contributed by atoms with E-state index in [2.05, 4.69) is 32.4 Å². The Morgan fingerprint density at radius 2 is 1.95 bits per heavy atom. The number of ether oxygens (including phenoxy) is 2. The first-order chi connectivity index (χ1) is 18.1. The van der Waals surface area contributed by atoms with E-state index in [9.17, 15) is 10.2 Å². The molecule has 5 rings (SSSR count). The molecule has 3 aromatic carbocycles. The molecule has 1 aromatic heterocycles. The van der Waals surface area contributed by atoms with Crippen LogP contribution in [0.1, 0.15) is 12.0 Å². The summed E-state index contributed by atoms with van der Waals surface area (Å²) in [6, 6.07) is 20.7. The maximum absolute atomic E-state index is 11.0. The molecule has 0 bridgehead atoms. The third-order valence-electron chi connectivity index (χ3n) is 6.43. The van der Waals surface area contributed by atoms with Gasteiger partial charge in [0.2, 0.25) is 0 Å². The van der Waals surface area contributed by atoms with E-state index in [4.69, 9.17) is 9.47 Å². The molecule has 4 N–H and O–H groups in total. The SMILES string of the molecule is COc1cc(Nc2ncnc3ccc(C#CC4(O)CCNCC4CO)cc23)ccc1Oc1ccccc1. The van der Waals surface area contributed by atoms with E-state index in [1.54, 1.807) is 7.11 Å². The van der Waals surface area contributed by atoms with Crippen LogP contribution in [0.5, 0.6) is 17.2 Å². The molecule has 2 heterocycles. The third-order valence-corrected chi connectivity index (χ3v) is 6.43. The average Bonchev–Trinajstić information content (AvgIpc) is 2.94. The molecule has 4 aromatic rings. The van der Waals surface area contributed by atoms with Gasteiger partial charge in [0.25, 0.3) is 0 Å². The van der Waals surface area contributed by atoms with Crippen LogP contribution >= 0.6 is 0 Å². The Bertz CT molecular complexity index is 1450. The van der Waals surface area contributed by atoms with Gasteiger partial charge in [0.1, 0.15) is 23.5 Å². The van der Waals surface area contributed by atoms with Crippen molar-refractivity contribution in [2.45, 2.75) is 12.0 Å². The van der Waals surface area contributed by atoms with Crippen molar-refractivity contribution >= 4 is 22.4 Å². The van der Waals surface area contributed by atoms with Gasteiger partial charge in [-0.3, -0.25) is 0 Å². The van der Waals surface area contributed by atoms with E-state index >= 15 is 0 Å². The largest absolute Gasteiger partial charge is 0.493 e. The molecule has 8 heteroatoms. The van der Waals surface area contributed by atoms with Crippen molar-refractivity contribution in [1.82, 2.24) is 15.3 Å². The van der Waals surface area contributed by atoms with E-state index in [-0.39, 0.29) is 12.5 Å². The number of para-hydroxylation sites is 1. The van der Waals surface area contributed by atoms with Crippen molar-refractivity contribution in [2.75, 3.05) is 32.1 Å². The van der Waals surface area contributed by atoms with Gasteiger partial charge >= 0.3 is 0 Å². The summed E-state index contributed by atoms with van der Waals surface area (Å²) < 4.78 is 11.5. The Labute approximate surface area is 215 Å². The van der Waals surface area contributed by atoms with Crippen molar-refractivity contribution in [3.63, 3.8) is 0 Å². The molecule has 0 radical (unpaired) electrons. The third kappa shape index (κ3) is 5.49. The van der Waals surface area contributed by atoms with Gasteiger partial charge in [0, 0.05) is 41.6 Å². The standard InChI is InChI=1S/C29H28N4O4/c1-36-27-16-22(8-10-26(27)37-23-5-3-2-4-6-23)33-28-24-15-20(7-9-25(24)31-19-32-28)11-12-29(35)13-14-30-17-21(29)18-34/h2-10,15-16,19,21,30,34-35H,13-14,17-18H2,1H3,(H,31,32,33). The van der Waals surface area contributed by atoms with Crippen LogP contribution < -0.4 is 20.1 Å². The molecule has 188 valence electrons. The molecular formula is C29H28N4O4. The van der Waals surface area contributed by atoms with Crippen molar-refractivity contribution in [1.29, 1.82) is 0 Å². The number of fused-ring (bicyclic) bond motifs is 1. The quantitative estimate of drug-likeness (QED) is 0.298. The van der Waals surface area contributed by atoms with Gasteiger partial charge in [0.15, 0.2) is 11.5 Å². The predicted octanol–water partition coefficient (Wildman–Crippen LogP) is 3.86. The van der Waals surface area contributed by atoms with Crippen LogP contribution in [0.2, 0.25) is 0 Å². The van der Waals surface area contributed by atoms with Crippen LogP contribution in [0.3, 0.4) is 0 Å². The first-order valence-corrected chi connectivity index (χ1v) is 12.1. The number of aromatic nitrogens is 2. The lowest BCUT2D eigenvalue weighted by Gasteiger charge is -2.35. The fraction of sp³-hybridized carbons (Fsp3) is 0.241. The highest BCUT2D eigenvalue weighted by atomic mass is 16.5. The van der Waals surface area contributed by atoms with Crippen LogP contribution in [0.15, 0.2) is 73.1 Å². The fourth-order valence-electron chi connectivity index (χ4n) is 4.30. The number of aliphatic hydroxyl groups excluding tert-OH is 1. The molecule has 8 nitrogen and oxygen atoms in total. The highest BCUT2D eigenvalue weighted by molar-refractivity contribution is 5.91. The summed E-state index contributed by atoms with van der Waals surface area (Å²) in [5.74, 6) is 8.27. The Balaban J connectivity index is 1.42. The summed E-state index contributed by atoms with van der Waals surface area (Å²) in [7, 11) is 1.60. The van der Waals surface area contributed by atoms with Gasteiger partial charge in [-0.2, -0.15) is 0 Å². The van der Waals surface area contributed by atoms with Gasteiger partial charge in [-0.05, 0) is 49.0 Å². The lowest BCUT2D eigenvalue weighted by Crippen LogP contribution is -2.50. The number of nitrogens with one attached hydrogen (secondary N) is 2. The predicted molar refractivity (Wildman–Crippen MR) is 142 cm³/mol. The first kappa shape index (κ1) is 24.5. The molecule has 1 aliphatic heterocycles. The van der Waals surface area contributed by atoms with Gasteiger partial charge in [-0.15, -0.1) is 0 Å². The minimum atomic E-state index is -1.23. The maximum Gasteiger partial charge on any atom is 0.169 e. The number of aliphatic hydroxyl groups is 2. The van der Waals surface area contributed by atoms with E-state index in [1.807, 2.05) is 66.7 Å². The fourth-order valence-corrected chi connectivity index (χ4v) is 4.30. The Kier molecular flexibility index (Phi) is 7.19. The molecule has 2 unspecified atom stereocenters. The van der Waals surface area contributed by atoms with Gasteiger partial charge < -0.3 is 30.3 Å². The molecule has 0 aliphatic carbocycles. The van der Waals surface area contributed by atoms with Crippen LogP contribution in [0.25, 0.3) is 10.9 Å². The molecule has 0 spiro atoms. The smallest absolute Gasteiger partial charge is 0.169 e. The number of methoxy groups -OCH3 is 1. The lowest BCUT2D eigenvalue weighted by molar-refractivity contribution is -0.0119. The average molecular weight is 497 g/mol. The van der Waals surface area contributed by atoms with Crippen molar-refractivity contribution in [3.8, 4) is 29.1 Å².